The smallest absolute Gasteiger partial charge is 0.158 e. The quantitative estimate of drug-likeness (QED) is 0.0783. The summed E-state index contributed by atoms with van der Waals surface area (Å²) < 4.78 is 48.5. The highest BCUT2D eigenvalue weighted by Crippen LogP contribution is 2.40. The lowest BCUT2D eigenvalue weighted by Crippen LogP contribution is -2.22. The number of ether oxygens (including phenoxy) is 8. The molecule has 0 radical (unpaired) electrons. The fourth-order valence-corrected chi connectivity index (χ4v) is 9.77. The van der Waals surface area contributed by atoms with E-state index < -0.39 is 0 Å². The van der Waals surface area contributed by atoms with Gasteiger partial charge in [0.2, 0.25) is 0 Å². The topological polar surface area (TPSA) is 80.3 Å². The van der Waals surface area contributed by atoms with Crippen LogP contribution in [0.25, 0.3) is 11.1 Å². The molecule has 10 heteroatoms. The van der Waals surface area contributed by atoms with Crippen LogP contribution in [0.4, 0.5) is 34.1 Å². The van der Waals surface area contributed by atoms with Gasteiger partial charge in [-0.3, -0.25) is 0 Å². The van der Waals surface area contributed by atoms with E-state index in [9.17, 15) is 0 Å². The molecular formula is C60H68N2O8. The molecule has 6 aromatic carbocycles. The Bertz CT molecular complexity index is 2220. The Kier molecular flexibility index (Phi) is 17.0. The van der Waals surface area contributed by atoms with Crippen molar-refractivity contribution >= 4 is 34.1 Å². The van der Waals surface area contributed by atoms with Crippen molar-refractivity contribution in [2.24, 2.45) is 0 Å². The maximum atomic E-state index is 6.24. The van der Waals surface area contributed by atoms with Gasteiger partial charge in [-0.05, 0) is 183 Å². The van der Waals surface area contributed by atoms with E-state index in [0.717, 1.165) is 171 Å². The molecular weight excluding hydrogens is 877 g/mol. The molecule has 10 rings (SSSR count). The van der Waals surface area contributed by atoms with Crippen molar-refractivity contribution in [1.82, 2.24) is 0 Å². The predicted octanol–water partition coefficient (Wildman–Crippen LogP) is 14.5. The molecule has 366 valence electrons. The van der Waals surface area contributed by atoms with Crippen molar-refractivity contribution in [1.29, 1.82) is 0 Å². The first-order chi connectivity index (χ1) is 34.7. The molecule has 0 saturated carbocycles. The molecule has 4 fully saturated rings. The van der Waals surface area contributed by atoms with Crippen molar-refractivity contribution in [3.8, 4) is 11.1 Å². The maximum Gasteiger partial charge on any atom is 0.158 e. The maximum absolute atomic E-state index is 6.24. The van der Waals surface area contributed by atoms with Crippen molar-refractivity contribution in [3.63, 3.8) is 0 Å². The van der Waals surface area contributed by atoms with Gasteiger partial charge in [0, 0.05) is 60.6 Å². The van der Waals surface area contributed by atoms with E-state index >= 15 is 0 Å². The molecule has 70 heavy (non-hydrogen) atoms. The minimum Gasteiger partial charge on any atom is -0.353 e. The second-order valence-corrected chi connectivity index (χ2v) is 18.9. The van der Waals surface area contributed by atoms with E-state index in [0.29, 0.717) is 26.4 Å². The van der Waals surface area contributed by atoms with Crippen LogP contribution in [0, 0.1) is 0 Å². The average Bonchev–Trinajstić information content (AvgIpc) is 3.43. The molecule has 0 bridgehead atoms. The molecule has 4 saturated heterocycles. The van der Waals surface area contributed by atoms with E-state index in [1.54, 1.807) is 0 Å². The first kappa shape index (κ1) is 48.2. The van der Waals surface area contributed by atoms with E-state index in [2.05, 4.69) is 155 Å². The summed E-state index contributed by atoms with van der Waals surface area (Å²) in [6.07, 6.45) is 12.0. The Morgan fingerprint density at radius 3 is 0.829 bits per heavy atom. The third-order valence-electron chi connectivity index (χ3n) is 13.6. The highest BCUT2D eigenvalue weighted by Gasteiger charge is 2.21. The molecule has 4 aliphatic rings. The van der Waals surface area contributed by atoms with Gasteiger partial charge in [0.1, 0.15) is 0 Å². The summed E-state index contributed by atoms with van der Waals surface area (Å²) in [7, 11) is 0. The summed E-state index contributed by atoms with van der Waals surface area (Å²) in [4.78, 5) is 4.63. The summed E-state index contributed by atoms with van der Waals surface area (Å²) in [5.74, 6) is 0. The molecule has 6 aromatic rings. The SMILES string of the molecule is c1cc(COC2CCCCO2)cc(N(c2ccc(-c3ccc(N(c4cccc(COC5CCCCO5)c4)c4cccc(COC5CCCCO5)c4)cc3)cc2)c2cccc(COC3CCCCO3)c2)c1. The van der Waals surface area contributed by atoms with Crippen LogP contribution in [0.1, 0.15) is 99.3 Å². The van der Waals surface area contributed by atoms with Gasteiger partial charge in [-0.1, -0.05) is 72.8 Å². The van der Waals surface area contributed by atoms with Gasteiger partial charge in [-0.2, -0.15) is 0 Å². The molecule has 4 heterocycles. The minimum absolute atomic E-state index is 0.154. The highest BCUT2D eigenvalue weighted by molar-refractivity contribution is 5.81. The zero-order valence-corrected chi connectivity index (χ0v) is 40.5. The Hall–Kier alpha value is -5.40. The zero-order chi connectivity index (χ0) is 47.2. The Morgan fingerprint density at radius 2 is 0.586 bits per heavy atom. The molecule has 10 nitrogen and oxygen atoms in total. The minimum atomic E-state index is -0.154. The number of rotatable bonds is 19. The Morgan fingerprint density at radius 1 is 0.314 bits per heavy atom. The number of hydrogen-bond acceptors (Lipinski definition) is 10. The van der Waals surface area contributed by atoms with Gasteiger partial charge in [-0.25, -0.2) is 0 Å². The van der Waals surface area contributed by atoms with Crippen LogP contribution in [0.15, 0.2) is 146 Å². The first-order valence-corrected chi connectivity index (χ1v) is 25.8. The van der Waals surface area contributed by atoms with Crippen LogP contribution in [0.5, 0.6) is 0 Å². The van der Waals surface area contributed by atoms with Crippen LogP contribution in [0.3, 0.4) is 0 Å². The summed E-state index contributed by atoms with van der Waals surface area (Å²) in [5.41, 5.74) is 12.9. The number of hydrogen-bond donors (Lipinski definition) is 0. The lowest BCUT2D eigenvalue weighted by Gasteiger charge is -2.28. The molecule has 0 spiro atoms. The van der Waals surface area contributed by atoms with Crippen LogP contribution < -0.4 is 9.80 Å². The summed E-state index contributed by atoms with van der Waals surface area (Å²) in [5, 5.41) is 0. The molecule has 4 atom stereocenters. The van der Waals surface area contributed by atoms with E-state index in [1.165, 1.54) is 0 Å². The molecule has 4 unspecified atom stereocenters. The van der Waals surface area contributed by atoms with E-state index in [4.69, 9.17) is 37.9 Å². The van der Waals surface area contributed by atoms with E-state index in [1.807, 2.05) is 0 Å². The van der Waals surface area contributed by atoms with Crippen LogP contribution in [-0.2, 0) is 64.3 Å². The van der Waals surface area contributed by atoms with Gasteiger partial charge in [0.05, 0.1) is 26.4 Å². The third-order valence-corrected chi connectivity index (χ3v) is 13.6. The third kappa shape index (κ3) is 13.1. The van der Waals surface area contributed by atoms with Crippen molar-refractivity contribution < 1.29 is 37.9 Å². The second-order valence-electron chi connectivity index (χ2n) is 18.9. The van der Waals surface area contributed by atoms with Gasteiger partial charge in [-0.15, -0.1) is 0 Å². The molecule has 4 aliphatic heterocycles. The van der Waals surface area contributed by atoms with Gasteiger partial charge in [0.15, 0.2) is 25.2 Å². The van der Waals surface area contributed by atoms with Crippen LogP contribution >= 0.6 is 0 Å². The fourth-order valence-electron chi connectivity index (χ4n) is 9.77. The average molecular weight is 945 g/mol. The summed E-state index contributed by atoms with van der Waals surface area (Å²) in [6, 6.07) is 52.3. The lowest BCUT2D eigenvalue weighted by molar-refractivity contribution is -0.169. The standard InChI is InChI=1S/C60H68N2O8/c1-5-33-63-57(21-1)67-41-45-13-9-17-53(37-45)61(54-18-10-14-46(38-54)42-68-58-22-2-6-34-64-58)51-29-25-49(26-30-51)50-27-31-52(32-28-50)62(55-19-11-15-47(39-55)43-69-59-23-3-7-35-65-59)56-20-12-16-48(40-56)44-70-60-24-4-8-36-66-60/h9-20,25-32,37-40,57-60H,1-8,21-24,33-36,41-44H2. The highest BCUT2D eigenvalue weighted by atomic mass is 16.7. The second kappa shape index (κ2) is 24.6. The monoisotopic (exact) mass is 944 g/mol. The van der Waals surface area contributed by atoms with Crippen LogP contribution in [0.2, 0.25) is 0 Å². The number of benzene rings is 6. The van der Waals surface area contributed by atoms with Crippen molar-refractivity contribution in [3.05, 3.63) is 168 Å². The van der Waals surface area contributed by atoms with Crippen molar-refractivity contribution in [2.75, 3.05) is 36.2 Å². The summed E-state index contributed by atoms with van der Waals surface area (Å²) in [6.45, 7) is 4.97. The largest absolute Gasteiger partial charge is 0.353 e. The molecule has 0 N–H and O–H groups in total. The predicted molar refractivity (Wildman–Crippen MR) is 275 cm³/mol. The van der Waals surface area contributed by atoms with Gasteiger partial charge in [0.25, 0.3) is 0 Å². The van der Waals surface area contributed by atoms with Crippen molar-refractivity contribution in [2.45, 2.75) is 129 Å². The first-order valence-electron chi connectivity index (χ1n) is 25.8. The zero-order valence-electron chi connectivity index (χ0n) is 40.5. The molecule has 0 amide bonds. The number of nitrogens with zero attached hydrogens (tertiary/aromatic N) is 2. The van der Waals surface area contributed by atoms with Gasteiger partial charge >= 0.3 is 0 Å². The number of anilines is 6. The van der Waals surface area contributed by atoms with Crippen LogP contribution in [-0.4, -0.2) is 51.6 Å². The Balaban J connectivity index is 0.912. The lowest BCUT2D eigenvalue weighted by atomic mass is 10.0. The van der Waals surface area contributed by atoms with Gasteiger partial charge < -0.3 is 47.7 Å². The Labute approximate surface area is 414 Å². The normalized spacial score (nSPS) is 20.7. The summed E-state index contributed by atoms with van der Waals surface area (Å²) >= 11 is 0. The fraction of sp³-hybridized carbons (Fsp3) is 0.400. The molecule has 0 aliphatic carbocycles. The molecule has 0 aromatic heterocycles. The van der Waals surface area contributed by atoms with E-state index in [-0.39, 0.29) is 25.2 Å².